The Morgan fingerprint density at radius 2 is 0.544 bits per heavy atom. The lowest BCUT2D eigenvalue weighted by atomic mass is 9.93. The average molecular weight is 909 g/mol. The van der Waals surface area contributed by atoms with E-state index in [2.05, 4.69) is 170 Å². The van der Waals surface area contributed by atoms with E-state index in [9.17, 15) is 0 Å². The molecular formula is C66H88N2. The van der Waals surface area contributed by atoms with E-state index in [0.717, 1.165) is 17.9 Å². The van der Waals surface area contributed by atoms with Crippen LogP contribution in [0.2, 0.25) is 0 Å². The molecule has 0 radical (unpaired) electrons. The first kappa shape index (κ1) is 61.4. The predicted octanol–water partition coefficient (Wildman–Crippen LogP) is 21.7. The molecule has 0 fully saturated rings. The van der Waals surface area contributed by atoms with E-state index in [0.29, 0.717) is 0 Å². The molecule has 10 aromatic rings. The van der Waals surface area contributed by atoms with Crippen LogP contribution in [0.1, 0.15) is 122 Å². The Kier molecular flexibility index (Phi) is 33.8. The third-order valence-electron chi connectivity index (χ3n) is 9.78. The van der Waals surface area contributed by atoms with Gasteiger partial charge in [0.2, 0.25) is 0 Å². The fourth-order valence-electron chi connectivity index (χ4n) is 7.30. The van der Waals surface area contributed by atoms with Crippen molar-refractivity contribution in [2.45, 2.75) is 124 Å². The highest BCUT2D eigenvalue weighted by molar-refractivity contribution is 6.26. The summed E-state index contributed by atoms with van der Waals surface area (Å²) in [5, 5.41) is 19.5. The summed E-state index contributed by atoms with van der Waals surface area (Å²) in [5.74, 6) is 0. The van der Waals surface area contributed by atoms with Crippen molar-refractivity contribution < 1.29 is 0 Å². The molecule has 362 valence electrons. The van der Waals surface area contributed by atoms with Crippen molar-refractivity contribution in [2.24, 2.45) is 0 Å². The van der Waals surface area contributed by atoms with Gasteiger partial charge in [0, 0.05) is 17.9 Å². The monoisotopic (exact) mass is 909 g/mol. The van der Waals surface area contributed by atoms with Gasteiger partial charge in [0.05, 0.1) is 0 Å². The van der Waals surface area contributed by atoms with E-state index in [1.165, 1.54) is 75.8 Å². The molecule has 0 saturated carbocycles. The van der Waals surface area contributed by atoms with Gasteiger partial charge in [-0.15, -0.1) is 0 Å². The van der Waals surface area contributed by atoms with Gasteiger partial charge in [0.25, 0.3) is 0 Å². The second-order valence-electron chi connectivity index (χ2n) is 13.2. The van der Waals surface area contributed by atoms with Crippen molar-refractivity contribution in [3.63, 3.8) is 0 Å². The van der Waals surface area contributed by atoms with Gasteiger partial charge >= 0.3 is 0 Å². The predicted molar refractivity (Wildman–Crippen MR) is 318 cm³/mol. The third kappa shape index (κ3) is 17.2. The molecule has 2 heteroatoms. The Morgan fingerprint density at radius 3 is 0.868 bits per heavy atom. The zero-order valence-electron chi connectivity index (χ0n) is 45.3. The Balaban J connectivity index is 0.000000937. The van der Waals surface area contributed by atoms with E-state index < -0.39 is 0 Å². The van der Waals surface area contributed by atoms with Crippen LogP contribution in [0.5, 0.6) is 0 Å². The molecular weight excluding hydrogens is 821 g/mol. The SMILES string of the molecule is CC.CC.CC.CC.CC.CC.CC.CC.Cc1ccc2c3ccccc3c3ccccc3c2c1.Nc1ccccc1.c1ccc(NCc2ccc3c4ccccc4c4ccccc4c3c2)cc1. The van der Waals surface area contributed by atoms with Crippen LogP contribution in [0.25, 0.3) is 64.6 Å². The van der Waals surface area contributed by atoms with Crippen LogP contribution in [0.4, 0.5) is 11.4 Å². The van der Waals surface area contributed by atoms with E-state index >= 15 is 0 Å². The largest absolute Gasteiger partial charge is 0.399 e. The number of hydrogen-bond acceptors (Lipinski definition) is 2. The number of nitrogens with one attached hydrogen (secondary N) is 1. The second-order valence-corrected chi connectivity index (χ2v) is 13.2. The van der Waals surface area contributed by atoms with E-state index in [1.54, 1.807) is 0 Å². The first-order valence-electron chi connectivity index (χ1n) is 25.9. The lowest BCUT2D eigenvalue weighted by molar-refractivity contribution is 1.16. The number of para-hydroxylation sites is 2. The average Bonchev–Trinajstić information content (AvgIpc) is 3.45. The molecule has 10 aromatic carbocycles. The minimum absolute atomic E-state index is 0.821. The highest BCUT2D eigenvalue weighted by Crippen LogP contribution is 2.36. The molecule has 0 saturated heterocycles. The van der Waals surface area contributed by atoms with Gasteiger partial charge in [-0.2, -0.15) is 0 Å². The van der Waals surface area contributed by atoms with Crippen LogP contribution in [-0.4, -0.2) is 0 Å². The van der Waals surface area contributed by atoms with E-state index in [4.69, 9.17) is 5.73 Å². The lowest BCUT2D eigenvalue weighted by Gasteiger charge is -2.12. The van der Waals surface area contributed by atoms with Gasteiger partial charge in [-0.05, 0) is 107 Å². The van der Waals surface area contributed by atoms with Gasteiger partial charge in [-0.25, -0.2) is 0 Å². The van der Waals surface area contributed by atoms with Crippen LogP contribution in [0.15, 0.2) is 194 Å². The molecule has 0 aliphatic heterocycles. The summed E-state index contributed by atoms with van der Waals surface area (Å²) in [5.41, 5.74) is 9.93. The summed E-state index contributed by atoms with van der Waals surface area (Å²) in [6.07, 6.45) is 0. The molecule has 0 bridgehead atoms. The number of fused-ring (bicyclic) bond motifs is 12. The Hall–Kier alpha value is -6.64. The fraction of sp³-hybridized carbons (Fsp3) is 0.273. The molecule has 2 nitrogen and oxygen atoms in total. The Morgan fingerprint density at radius 1 is 0.279 bits per heavy atom. The molecule has 0 unspecified atom stereocenters. The van der Waals surface area contributed by atoms with Crippen molar-refractivity contribution in [2.75, 3.05) is 11.1 Å². The first-order valence-corrected chi connectivity index (χ1v) is 25.9. The summed E-state index contributed by atoms with van der Waals surface area (Å²) in [6.45, 7) is 35.0. The number of rotatable bonds is 3. The van der Waals surface area contributed by atoms with Crippen molar-refractivity contribution in [3.8, 4) is 0 Å². The van der Waals surface area contributed by atoms with Crippen molar-refractivity contribution >= 4 is 76.0 Å². The molecule has 0 spiro atoms. The molecule has 0 atom stereocenters. The maximum atomic E-state index is 5.36. The number of aryl methyl sites for hydroxylation is 1. The van der Waals surface area contributed by atoms with Crippen molar-refractivity contribution in [1.82, 2.24) is 0 Å². The Bertz CT molecular complexity index is 2740. The van der Waals surface area contributed by atoms with Crippen LogP contribution in [0.3, 0.4) is 0 Å². The topological polar surface area (TPSA) is 38.0 Å². The van der Waals surface area contributed by atoms with Crippen LogP contribution < -0.4 is 11.1 Å². The van der Waals surface area contributed by atoms with Gasteiger partial charge in [0.1, 0.15) is 0 Å². The molecule has 10 rings (SSSR count). The maximum absolute atomic E-state index is 5.36. The minimum Gasteiger partial charge on any atom is -0.399 e. The number of anilines is 2. The molecule has 0 aliphatic carbocycles. The molecule has 0 aromatic heterocycles. The molecule has 0 heterocycles. The molecule has 0 aliphatic rings. The van der Waals surface area contributed by atoms with Gasteiger partial charge in [-0.3, -0.25) is 0 Å². The van der Waals surface area contributed by atoms with Gasteiger partial charge in [0.15, 0.2) is 0 Å². The number of nitrogen functional groups attached to an aromatic ring is 1. The zero-order chi connectivity index (χ0) is 51.3. The summed E-state index contributed by atoms with van der Waals surface area (Å²) < 4.78 is 0. The minimum atomic E-state index is 0.821. The van der Waals surface area contributed by atoms with Crippen LogP contribution in [0, 0.1) is 6.92 Å². The molecule has 3 N–H and O–H groups in total. The summed E-state index contributed by atoms with van der Waals surface area (Å²) in [7, 11) is 0. The third-order valence-corrected chi connectivity index (χ3v) is 9.78. The van der Waals surface area contributed by atoms with Crippen molar-refractivity contribution in [1.29, 1.82) is 0 Å². The quantitative estimate of drug-likeness (QED) is 0.137. The van der Waals surface area contributed by atoms with Crippen molar-refractivity contribution in [3.05, 3.63) is 205 Å². The first-order chi connectivity index (χ1) is 33.6. The fourth-order valence-corrected chi connectivity index (χ4v) is 7.30. The molecule has 68 heavy (non-hydrogen) atoms. The van der Waals surface area contributed by atoms with E-state index in [-0.39, 0.29) is 0 Å². The van der Waals surface area contributed by atoms with E-state index in [1.807, 2.05) is 147 Å². The Labute approximate surface area is 414 Å². The summed E-state index contributed by atoms with van der Waals surface area (Å²) >= 11 is 0. The normalized spacial score (nSPS) is 9.07. The highest BCUT2D eigenvalue weighted by Gasteiger charge is 2.09. The summed E-state index contributed by atoms with van der Waals surface area (Å²) in [4.78, 5) is 0. The van der Waals surface area contributed by atoms with Crippen LogP contribution in [-0.2, 0) is 6.54 Å². The second kappa shape index (κ2) is 37.5. The molecule has 0 amide bonds. The van der Waals surface area contributed by atoms with Crippen LogP contribution >= 0.6 is 0 Å². The number of nitrogens with two attached hydrogens (primary N) is 1. The lowest BCUT2D eigenvalue weighted by Crippen LogP contribution is -1.99. The summed E-state index contributed by atoms with van der Waals surface area (Å²) in [6, 6.07) is 68.2. The number of benzene rings is 10. The number of hydrogen-bond donors (Lipinski definition) is 2. The van der Waals surface area contributed by atoms with Gasteiger partial charge in [-0.1, -0.05) is 280 Å². The zero-order valence-corrected chi connectivity index (χ0v) is 45.3. The van der Waals surface area contributed by atoms with Gasteiger partial charge < -0.3 is 11.1 Å². The maximum Gasteiger partial charge on any atom is 0.0401 e. The highest BCUT2D eigenvalue weighted by atomic mass is 14.9. The standard InChI is InChI=1S/C25H19N.C19H14.C6H7N.8C2H6/c1-2-8-19(9-3-1)26-17-18-14-15-24-22-12-5-4-10-20(22)21-11-6-7-13-23(21)25(24)16-18;1-13-10-11-18-16-8-3-2-6-14(16)15-7-4-5-9-17(15)19(18)12-13;7-6-4-2-1-3-5-6;8*1-2/h1-16,26H,17H2;2-12H,1H3;1-5H,7H2;8*1-2H3. The smallest absolute Gasteiger partial charge is 0.0401 e.